The molecule has 0 unspecified atom stereocenters. The standard InChI is InChI=1S/C17H21N5S/c1-13-4-3-8-22-11-15(21-16(13)22)5-7-19-17(18-2)20-10-14-6-9-23-12-14/h3-4,6,8-9,11-12H,5,7,10H2,1-2H3,(H2,18,19,20). The quantitative estimate of drug-likeness (QED) is 0.559. The van der Waals surface area contributed by atoms with Crippen LogP contribution < -0.4 is 10.6 Å². The van der Waals surface area contributed by atoms with Crippen LogP contribution in [0.1, 0.15) is 16.8 Å². The van der Waals surface area contributed by atoms with Crippen LogP contribution in [0.15, 0.2) is 46.3 Å². The number of aliphatic imine (C=N–C) groups is 1. The van der Waals surface area contributed by atoms with Gasteiger partial charge < -0.3 is 15.0 Å². The van der Waals surface area contributed by atoms with Crippen LogP contribution in [0.2, 0.25) is 0 Å². The Morgan fingerprint density at radius 1 is 1.35 bits per heavy atom. The van der Waals surface area contributed by atoms with Gasteiger partial charge in [-0.15, -0.1) is 0 Å². The number of rotatable bonds is 5. The molecule has 0 saturated carbocycles. The highest BCUT2D eigenvalue weighted by Gasteiger charge is 2.04. The number of fused-ring (bicyclic) bond motifs is 1. The largest absolute Gasteiger partial charge is 0.356 e. The fourth-order valence-corrected chi connectivity index (χ4v) is 3.10. The van der Waals surface area contributed by atoms with Gasteiger partial charge in [0.25, 0.3) is 0 Å². The van der Waals surface area contributed by atoms with Crippen LogP contribution in [0.3, 0.4) is 0 Å². The molecule has 0 aliphatic heterocycles. The van der Waals surface area contributed by atoms with E-state index in [-0.39, 0.29) is 0 Å². The minimum absolute atomic E-state index is 0.788. The number of imidazole rings is 1. The Hall–Kier alpha value is -2.34. The molecule has 3 aromatic rings. The molecular weight excluding hydrogens is 306 g/mol. The first-order valence-electron chi connectivity index (χ1n) is 7.65. The smallest absolute Gasteiger partial charge is 0.191 e. The summed E-state index contributed by atoms with van der Waals surface area (Å²) < 4.78 is 2.08. The first kappa shape index (κ1) is 15.6. The average molecular weight is 327 g/mol. The van der Waals surface area contributed by atoms with Crippen LogP contribution in [-0.4, -0.2) is 28.9 Å². The molecule has 0 amide bonds. The first-order valence-corrected chi connectivity index (χ1v) is 8.59. The lowest BCUT2D eigenvalue weighted by Crippen LogP contribution is -2.37. The summed E-state index contributed by atoms with van der Waals surface area (Å²) in [5.41, 5.74) is 4.58. The molecule has 3 aromatic heterocycles. The lowest BCUT2D eigenvalue weighted by molar-refractivity contribution is 0.788. The third-order valence-electron chi connectivity index (χ3n) is 3.67. The van der Waals surface area contributed by atoms with Crippen molar-refractivity contribution in [3.8, 4) is 0 Å². The Bertz CT molecular complexity index is 789. The number of thiophene rings is 1. The second kappa shape index (κ2) is 7.28. The molecule has 0 aliphatic rings. The zero-order chi connectivity index (χ0) is 16.1. The molecule has 23 heavy (non-hydrogen) atoms. The number of aromatic nitrogens is 2. The van der Waals surface area contributed by atoms with E-state index in [0.717, 1.165) is 36.8 Å². The van der Waals surface area contributed by atoms with Crippen molar-refractivity contribution in [1.82, 2.24) is 20.0 Å². The van der Waals surface area contributed by atoms with Gasteiger partial charge in [-0.1, -0.05) is 6.07 Å². The summed E-state index contributed by atoms with van der Waals surface area (Å²) in [7, 11) is 1.79. The molecule has 120 valence electrons. The summed E-state index contributed by atoms with van der Waals surface area (Å²) >= 11 is 1.71. The normalized spacial score (nSPS) is 11.8. The van der Waals surface area contributed by atoms with Crippen molar-refractivity contribution in [2.75, 3.05) is 13.6 Å². The average Bonchev–Trinajstić information content (AvgIpc) is 3.20. The van der Waals surface area contributed by atoms with Crippen molar-refractivity contribution >= 4 is 22.9 Å². The molecule has 5 nitrogen and oxygen atoms in total. The maximum atomic E-state index is 4.69. The molecule has 0 aromatic carbocycles. The maximum absolute atomic E-state index is 4.69. The molecule has 0 aliphatic carbocycles. The molecule has 0 bridgehead atoms. The molecule has 3 rings (SSSR count). The predicted molar refractivity (Wildman–Crippen MR) is 96.2 cm³/mol. The number of hydrogen-bond donors (Lipinski definition) is 2. The Balaban J connectivity index is 1.51. The summed E-state index contributed by atoms with van der Waals surface area (Å²) in [6, 6.07) is 6.24. The SMILES string of the molecule is CN=C(NCCc1cn2cccc(C)c2n1)NCc1ccsc1. The molecule has 0 radical (unpaired) electrons. The van der Waals surface area contributed by atoms with Crippen molar-refractivity contribution in [2.45, 2.75) is 19.9 Å². The number of pyridine rings is 1. The minimum Gasteiger partial charge on any atom is -0.356 e. The second-order valence-corrected chi connectivity index (χ2v) is 6.17. The predicted octanol–water partition coefficient (Wildman–Crippen LogP) is 2.61. The van der Waals surface area contributed by atoms with Gasteiger partial charge in [0.1, 0.15) is 5.65 Å². The van der Waals surface area contributed by atoms with Crippen LogP contribution in [0.5, 0.6) is 0 Å². The van der Waals surface area contributed by atoms with Crippen LogP contribution in [0, 0.1) is 6.92 Å². The summed E-state index contributed by atoms with van der Waals surface area (Å²) in [5, 5.41) is 10.9. The Kier molecular flexibility index (Phi) is 4.92. The molecule has 6 heteroatoms. The van der Waals surface area contributed by atoms with Gasteiger partial charge in [0.15, 0.2) is 5.96 Å². The lowest BCUT2D eigenvalue weighted by atomic mass is 10.3. The van der Waals surface area contributed by atoms with Crippen LogP contribution in [0.25, 0.3) is 5.65 Å². The van der Waals surface area contributed by atoms with Crippen molar-refractivity contribution in [2.24, 2.45) is 4.99 Å². The summed E-state index contributed by atoms with van der Waals surface area (Å²) in [4.78, 5) is 8.93. The third kappa shape index (κ3) is 3.90. The van der Waals surface area contributed by atoms with Gasteiger partial charge in [-0.25, -0.2) is 4.98 Å². The van der Waals surface area contributed by atoms with Gasteiger partial charge in [-0.3, -0.25) is 4.99 Å². The molecule has 0 spiro atoms. The Morgan fingerprint density at radius 2 is 2.26 bits per heavy atom. The number of guanidine groups is 1. The molecule has 0 fully saturated rings. The van der Waals surface area contributed by atoms with E-state index in [1.54, 1.807) is 18.4 Å². The molecular formula is C17H21N5S. The lowest BCUT2D eigenvalue weighted by Gasteiger charge is -2.10. The Labute approximate surface area is 140 Å². The highest BCUT2D eigenvalue weighted by molar-refractivity contribution is 7.07. The minimum atomic E-state index is 0.788. The van der Waals surface area contributed by atoms with Gasteiger partial charge in [0.05, 0.1) is 5.69 Å². The van der Waals surface area contributed by atoms with Crippen molar-refractivity contribution < 1.29 is 0 Å². The Morgan fingerprint density at radius 3 is 3.00 bits per heavy atom. The highest BCUT2D eigenvalue weighted by Crippen LogP contribution is 2.10. The summed E-state index contributed by atoms with van der Waals surface area (Å²) in [6.45, 7) is 3.67. The zero-order valence-corrected chi connectivity index (χ0v) is 14.2. The van der Waals surface area contributed by atoms with E-state index in [4.69, 9.17) is 0 Å². The molecule has 2 N–H and O–H groups in total. The first-order chi connectivity index (χ1) is 11.3. The van der Waals surface area contributed by atoms with Gasteiger partial charge in [-0.2, -0.15) is 11.3 Å². The van der Waals surface area contributed by atoms with Crippen LogP contribution >= 0.6 is 11.3 Å². The topological polar surface area (TPSA) is 53.7 Å². The van der Waals surface area contributed by atoms with Gasteiger partial charge in [0.2, 0.25) is 0 Å². The fraction of sp³-hybridized carbons (Fsp3) is 0.294. The fourth-order valence-electron chi connectivity index (χ4n) is 2.43. The van der Waals surface area contributed by atoms with E-state index in [2.05, 4.69) is 61.0 Å². The second-order valence-electron chi connectivity index (χ2n) is 5.39. The third-order valence-corrected chi connectivity index (χ3v) is 4.40. The van der Waals surface area contributed by atoms with E-state index in [1.165, 1.54) is 11.1 Å². The molecule has 0 atom stereocenters. The summed E-state index contributed by atoms with van der Waals surface area (Å²) in [5.74, 6) is 0.816. The van der Waals surface area contributed by atoms with Gasteiger partial charge >= 0.3 is 0 Å². The van der Waals surface area contributed by atoms with E-state index in [1.807, 2.05) is 12.3 Å². The zero-order valence-electron chi connectivity index (χ0n) is 13.4. The van der Waals surface area contributed by atoms with Crippen molar-refractivity contribution in [3.05, 3.63) is 58.2 Å². The van der Waals surface area contributed by atoms with E-state index in [9.17, 15) is 0 Å². The van der Waals surface area contributed by atoms with E-state index in [0.29, 0.717) is 0 Å². The highest BCUT2D eigenvalue weighted by atomic mass is 32.1. The van der Waals surface area contributed by atoms with Gasteiger partial charge in [0, 0.05) is 39.0 Å². The monoisotopic (exact) mass is 327 g/mol. The van der Waals surface area contributed by atoms with Crippen molar-refractivity contribution in [3.63, 3.8) is 0 Å². The number of hydrogen-bond acceptors (Lipinski definition) is 3. The van der Waals surface area contributed by atoms with Gasteiger partial charge in [-0.05, 0) is 40.9 Å². The molecule has 3 heterocycles. The summed E-state index contributed by atoms with van der Waals surface area (Å²) in [6.07, 6.45) is 4.99. The van der Waals surface area contributed by atoms with Crippen LogP contribution in [-0.2, 0) is 13.0 Å². The van der Waals surface area contributed by atoms with E-state index >= 15 is 0 Å². The maximum Gasteiger partial charge on any atom is 0.191 e. The van der Waals surface area contributed by atoms with Crippen molar-refractivity contribution in [1.29, 1.82) is 0 Å². The molecule has 0 saturated heterocycles. The number of nitrogens with zero attached hydrogens (tertiary/aromatic N) is 3. The number of aryl methyl sites for hydroxylation is 1. The van der Waals surface area contributed by atoms with E-state index < -0.39 is 0 Å². The number of nitrogens with one attached hydrogen (secondary N) is 2. The van der Waals surface area contributed by atoms with Crippen LogP contribution in [0.4, 0.5) is 0 Å².